The lowest BCUT2D eigenvalue weighted by atomic mass is 10.1. The number of anilines is 1. The second-order valence-electron chi connectivity index (χ2n) is 6.07. The van der Waals surface area contributed by atoms with E-state index in [2.05, 4.69) is 15.3 Å². The summed E-state index contributed by atoms with van der Waals surface area (Å²) >= 11 is 5.69. The summed E-state index contributed by atoms with van der Waals surface area (Å²) < 4.78 is 41.2. The molecule has 3 aromatic rings. The van der Waals surface area contributed by atoms with Crippen molar-refractivity contribution in [2.75, 3.05) is 5.32 Å². The summed E-state index contributed by atoms with van der Waals surface area (Å²) in [7, 11) is 0. The molecule has 0 amide bonds. The van der Waals surface area contributed by atoms with Crippen LogP contribution in [0.1, 0.15) is 28.5 Å². The normalized spacial score (nSPS) is 17.3. The van der Waals surface area contributed by atoms with E-state index >= 15 is 0 Å². The van der Waals surface area contributed by atoms with Gasteiger partial charge in [0.05, 0.1) is 10.6 Å². The van der Waals surface area contributed by atoms with Crippen molar-refractivity contribution in [3.63, 3.8) is 0 Å². The molecule has 0 unspecified atom stereocenters. The molecule has 0 fully saturated rings. The van der Waals surface area contributed by atoms with Crippen molar-refractivity contribution < 1.29 is 18.0 Å². The SMILES string of the molecule is C[C@@H]1N=C(c2ccc(Cl)c(C(F)(F)F)c2)Nc2nc3ccccn3c2C1=O. The Morgan fingerprint density at radius 1 is 1.22 bits per heavy atom. The average Bonchev–Trinajstić information content (AvgIpc) is 2.92. The van der Waals surface area contributed by atoms with Crippen LogP contribution in [0.25, 0.3) is 5.65 Å². The molecule has 0 radical (unpaired) electrons. The fraction of sp³-hybridized carbons (Fsp3) is 0.167. The van der Waals surface area contributed by atoms with Gasteiger partial charge in [-0.2, -0.15) is 13.2 Å². The number of benzene rings is 1. The molecule has 0 saturated carbocycles. The van der Waals surface area contributed by atoms with E-state index in [9.17, 15) is 18.0 Å². The molecule has 5 nitrogen and oxygen atoms in total. The summed E-state index contributed by atoms with van der Waals surface area (Å²) in [4.78, 5) is 21.4. The Morgan fingerprint density at radius 3 is 2.74 bits per heavy atom. The van der Waals surface area contributed by atoms with E-state index in [1.165, 1.54) is 6.07 Å². The number of carbonyl (C=O) groups excluding carboxylic acids is 1. The third-order valence-corrected chi connectivity index (χ3v) is 4.58. The predicted molar refractivity (Wildman–Crippen MR) is 95.6 cm³/mol. The Balaban J connectivity index is 1.86. The van der Waals surface area contributed by atoms with E-state index in [0.717, 1.165) is 12.1 Å². The second kappa shape index (κ2) is 6.09. The highest BCUT2D eigenvalue weighted by atomic mass is 35.5. The van der Waals surface area contributed by atoms with E-state index in [0.29, 0.717) is 11.3 Å². The van der Waals surface area contributed by atoms with E-state index in [1.807, 2.05) is 0 Å². The molecule has 0 bridgehead atoms. The van der Waals surface area contributed by atoms with Crippen LogP contribution in [0, 0.1) is 0 Å². The molecule has 0 aliphatic carbocycles. The number of hydrogen-bond donors (Lipinski definition) is 1. The van der Waals surface area contributed by atoms with Crippen LogP contribution in [0.4, 0.5) is 19.0 Å². The maximum atomic E-state index is 13.2. The predicted octanol–water partition coefficient (Wildman–Crippen LogP) is 4.45. The molecule has 138 valence electrons. The summed E-state index contributed by atoms with van der Waals surface area (Å²) in [6.07, 6.45) is -2.91. The first-order chi connectivity index (χ1) is 12.8. The van der Waals surface area contributed by atoms with Crippen LogP contribution < -0.4 is 5.32 Å². The van der Waals surface area contributed by atoms with Crippen molar-refractivity contribution >= 4 is 34.7 Å². The number of imidazole rings is 1. The van der Waals surface area contributed by atoms with E-state index in [-0.39, 0.29) is 23.0 Å². The number of nitrogens with zero attached hydrogens (tertiary/aromatic N) is 3. The van der Waals surface area contributed by atoms with Crippen LogP contribution in [0.15, 0.2) is 47.6 Å². The van der Waals surface area contributed by atoms with Crippen LogP contribution in [0.5, 0.6) is 0 Å². The zero-order valence-corrected chi connectivity index (χ0v) is 14.6. The van der Waals surface area contributed by atoms with Crippen LogP contribution in [0.3, 0.4) is 0 Å². The van der Waals surface area contributed by atoms with Gasteiger partial charge in [0.25, 0.3) is 0 Å². The molecule has 2 aromatic heterocycles. The van der Waals surface area contributed by atoms with E-state index in [1.54, 1.807) is 35.7 Å². The number of Topliss-reactive ketones (excluding diaryl/α,β-unsaturated/α-hetero) is 1. The highest BCUT2D eigenvalue weighted by molar-refractivity contribution is 6.31. The van der Waals surface area contributed by atoms with Gasteiger partial charge in [0.1, 0.15) is 23.2 Å². The zero-order valence-electron chi connectivity index (χ0n) is 13.9. The van der Waals surface area contributed by atoms with Crippen LogP contribution >= 0.6 is 11.6 Å². The first-order valence-corrected chi connectivity index (χ1v) is 8.37. The zero-order chi connectivity index (χ0) is 19.3. The summed E-state index contributed by atoms with van der Waals surface area (Å²) in [5.74, 6) is 0.0918. The maximum absolute atomic E-state index is 13.2. The lowest BCUT2D eigenvalue weighted by Crippen LogP contribution is -2.18. The van der Waals surface area contributed by atoms with Gasteiger partial charge >= 0.3 is 6.18 Å². The summed E-state index contributed by atoms with van der Waals surface area (Å²) in [6.45, 7) is 1.59. The molecular weight excluding hydrogens is 381 g/mol. The first kappa shape index (κ1) is 17.5. The number of alkyl halides is 3. The smallest absolute Gasteiger partial charge is 0.323 e. The number of amidine groups is 1. The summed E-state index contributed by atoms with van der Waals surface area (Å²) in [5, 5.41) is 2.51. The number of pyridine rings is 1. The number of carbonyl (C=O) groups is 1. The lowest BCUT2D eigenvalue weighted by molar-refractivity contribution is -0.137. The van der Waals surface area contributed by atoms with Crippen LogP contribution in [-0.4, -0.2) is 27.0 Å². The standard InChI is InChI=1S/C18H12ClF3N4O/c1-9-15(27)14-17(24-13-4-2-3-7-26(13)14)25-16(23-9)10-5-6-12(19)11(8-10)18(20,21)22/h2-9H,1H3,(H,23,25)/t9-/m0/s1. The summed E-state index contributed by atoms with van der Waals surface area (Å²) in [5.41, 5.74) is 0.0478. The average molecular weight is 393 g/mol. The highest BCUT2D eigenvalue weighted by Crippen LogP contribution is 2.35. The number of nitrogens with one attached hydrogen (secondary N) is 1. The van der Waals surface area contributed by atoms with Gasteiger partial charge in [0.2, 0.25) is 5.78 Å². The molecule has 1 aliphatic heterocycles. The van der Waals surface area contributed by atoms with Crippen molar-refractivity contribution in [2.45, 2.75) is 19.1 Å². The van der Waals surface area contributed by atoms with E-state index in [4.69, 9.17) is 11.6 Å². The van der Waals surface area contributed by atoms with Gasteiger partial charge in [0.15, 0.2) is 5.82 Å². The van der Waals surface area contributed by atoms with Crippen molar-refractivity contribution in [1.29, 1.82) is 0 Å². The van der Waals surface area contributed by atoms with Gasteiger partial charge in [-0.25, -0.2) is 4.98 Å². The van der Waals surface area contributed by atoms with Crippen molar-refractivity contribution in [3.05, 3.63) is 64.4 Å². The Bertz CT molecular complexity index is 1100. The number of hydrogen-bond acceptors (Lipinski definition) is 4. The number of aromatic nitrogens is 2. The largest absolute Gasteiger partial charge is 0.417 e. The molecule has 3 heterocycles. The third-order valence-electron chi connectivity index (χ3n) is 4.25. The Kier molecular flexibility index (Phi) is 3.96. The lowest BCUT2D eigenvalue weighted by Gasteiger charge is -2.13. The van der Waals surface area contributed by atoms with Crippen LogP contribution in [-0.2, 0) is 6.18 Å². The number of halogens is 4. The molecule has 0 saturated heterocycles. The van der Waals surface area contributed by atoms with Gasteiger partial charge < -0.3 is 5.32 Å². The fourth-order valence-electron chi connectivity index (χ4n) is 2.95. The first-order valence-electron chi connectivity index (χ1n) is 7.99. The van der Waals surface area contributed by atoms with Crippen molar-refractivity contribution in [3.8, 4) is 0 Å². The molecular formula is C18H12ClF3N4O. The van der Waals surface area contributed by atoms with E-state index < -0.39 is 22.8 Å². The minimum Gasteiger partial charge on any atom is -0.323 e. The van der Waals surface area contributed by atoms with Crippen molar-refractivity contribution in [2.24, 2.45) is 4.99 Å². The Morgan fingerprint density at radius 2 is 2.00 bits per heavy atom. The van der Waals surface area contributed by atoms with Crippen molar-refractivity contribution in [1.82, 2.24) is 9.38 Å². The van der Waals surface area contributed by atoms with Gasteiger partial charge in [-0.05, 0) is 37.3 Å². The molecule has 1 aromatic carbocycles. The van der Waals surface area contributed by atoms with Crippen LogP contribution in [0.2, 0.25) is 5.02 Å². The molecule has 0 spiro atoms. The van der Waals surface area contributed by atoms with Gasteiger partial charge in [-0.3, -0.25) is 14.2 Å². The molecule has 1 atom stereocenters. The highest BCUT2D eigenvalue weighted by Gasteiger charge is 2.34. The minimum absolute atomic E-state index is 0.125. The Hall–Kier alpha value is -2.87. The third kappa shape index (κ3) is 2.95. The number of rotatable bonds is 1. The topological polar surface area (TPSA) is 58.8 Å². The monoisotopic (exact) mass is 392 g/mol. The van der Waals surface area contributed by atoms with Gasteiger partial charge in [0, 0.05) is 11.8 Å². The quantitative estimate of drug-likeness (QED) is 0.665. The minimum atomic E-state index is -4.60. The fourth-order valence-corrected chi connectivity index (χ4v) is 3.17. The van der Waals surface area contributed by atoms with Gasteiger partial charge in [-0.15, -0.1) is 0 Å². The molecule has 1 N–H and O–H groups in total. The molecule has 9 heteroatoms. The number of aliphatic imine (C=N–C) groups is 1. The second-order valence-corrected chi connectivity index (χ2v) is 6.48. The number of ketones is 1. The van der Waals surface area contributed by atoms with Gasteiger partial charge in [-0.1, -0.05) is 17.7 Å². The Labute approximate surface area is 156 Å². The molecule has 27 heavy (non-hydrogen) atoms. The summed E-state index contributed by atoms with van der Waals surface area (Å²) in [6, 6.07) is 7.96. The number of fused-ring (bicyclic) bond motifs is 3. The maximum Gasteiger partial charge on any atom is 0.417 e. The molecule has 4 rings (SSSR count). The molecule has 1 aliphatic rings.